The first-order valence-corrected chi connectivity index (χ1v) is 5.29. The molecular formula is C13H16N2O. The lowest BCUT2D eigenvalue weighted by atomic mass is 9.98. The van der Waals surface area contributed by atoms with Gasteiger partial charge in [-0.1, -0.05) is 29.8 Å². The van der Waals surface area contributed by atoms with E-state index in [2.05, 4.69) is 30.5 Å². The molecule has 0 fully saturated rings. The smallest absolute Gasteiger partial charge is 0.105 e. The molecule has 0 aliphatic rings. The van der Waals surface area contributed by atoms with Gasteiger partial charge in [0.15, 0.2) is 0 Å². The molecule has 2 rings (SSSR count). The summed E-state index contributed by atoms with van der Waals surface area (Å²) in [6, 6.07) is 10.2. The van der Waals surface area contributed by atoms with Crippen molar-refractivity contribution in [3.8, 4) is 0 Å². The van der Waals surface area contributed by atoms with Gasteiger partial charge in [-0.2, -0.15) is 0 Å². The van der Waals surface area contributed by atoms with Gasteiger partial charge in [0.1, 0.15) is 5.76 Å². The zero-order valence-corrected chi connectivity index (χ0v) is 9.53. The lowest BCUT2D eigenvalue weighted by molar-refractivity contribution is 0.520. The van der Waals surface area contributed by atoms with E-state index in [1.807, 2.05) is 19.1 Å². The minimum absolute atomic E-state index is 0.0151. The Morgan fingerprint density at radius 3 is 2.62 bits per heavy atom. The second-order valence-electron chi connectivity index (χ2n) is 3.95. The quantitative estimate of drug-likeness (QED) is 0.612. The number of nitrogens with one attached hydrogen (secondary N) is 1. The zero-order valence-electron chi connectivity index (χ0n) is 9.53. The molecule has 1 heterocycles. The van der Waals surface area contributed by atoms with Crippen molar-refractivity contribution in [3.05, 3.63) is 59.0 Å². The van der Waals surface area contributed by atoms with Crippen LogP contribution in [-0.4, -0.2) is 0 Å². The summed E-state index contributed by atoms with van der Waals surface area (Å²) in [4.78, 5) is 0. The number of hydrogen-bond acceptors (Lipinski definition) is 3. The van der Waals surface area contributed by atoms with E-state index in [0.717, 1.165) is 16.9 Å². The van der Waals surface area contributed by atoms with Crippen molar-refractivity contribution in [1.29, 1.82) is 0 Å². The van der Waals surface area contributed by atoms with Crippen molar-refractivity contribution in [2.75, 3.05) is 0 Å². The molecule has 3 N–H and O–H groups in total. The van der Waals surface area contributed by atoms with E-state index in [1.165, 1.54) is 5.56 Å². The topological polar surface area (TPSA) is 51.2 Å². The molecule has 1 aromatic carbocycles. The highest BCUT2D eigenvalue weighted by molar-refractivity contribution is 5.34. The van der Waals surface area contributed by atoms with Crippen molar-refractivity contribution in [2.45, 2.75) is 19.9 Å². The monoisotopic (exact) mass is 216 g/mol. The molecule has 0 radical (unpaired) electrons. The van der Waals surface area contributed by atoms with Crippen molar-refractivity contribution in [1.82, 2.24) is 5.43 Å². The maximum Gasteiger partial charge on any atom is 0.105 e. The van der Waals surface area contributed by atoms with Gasteiger partial charge < -0.3 is 4.42 Å². The minimum Gasteiger partial charge on any atom is -0.469 e. The molecule has 0 aliphatic heterocycles. The second-order valence-corrected chi connectivity index (χ2v) is 3.95. The van der Waals surface area contributed by atoms with Crippen molar-refractivity contribution < 1.29 is 4.42 Å². The van der Waals surface area contributed by atoms with Gasteiger partial charge in [-0.15, -0.1) is 0 Å². The van der Waals surface area contributed by atoms with Crippen LogP contribution in [0.2, 0.25) is 0 Å². The molecule has 0 saturated carbocycles. The van der Waals surface area contributed by atoms with Crippen LogP contribution >= 0.6 is 0 Å². The summed E-state index contributed by atoms with van der Waals surface area (Å²) in [5, 5.41) is 0. The van der Waals surface area contributed by atoms with Crippen LogP contribution in [0.5, 0.6) is 0 Å². The summed E-state index contributed by atoms with van der Waals surface area (Å²) >= 11 is 0. The normalized spacial score (nSPS) is 12.7. The average Bonchev–Trinajstić information content (AvgIpc) is 2.67. The summed E-state index contributed by atoms with van der Waals surface area (Å²) < 4.78 is 5.30. The largest absolute Gasteiger partial charge is 0.469 e. The average molecular weight is 216 g/mol. The van der Waals surface area contributed by atoms with E-state index in [-0.39, 0.29) is 6.04 Å². The molecular weight excluding hydrogens is 200 g/mol. The molecule has 3 heteroatoms. The number of nitrogens with two attached hydrogens (primary N) is 1. The van der Waals surface area contributed by atoms with Gasteiger partial charge in [0.2, 0.25) is 0 Å². The number of aryl methyl sites for hydroxylation is 2. The predicted octanol–water partition coefficient (Wildman–Crippen LogP) is 2.45. The van der Waals surface area contributed by atoms with E-state index < -0.39 is 0 Å². The van der Waals surface area contributed by atoms with Gasteiger partial charge in [-0.05, 0) is 25.5 Å². The van der Waals surface area contributed by atoms with Crippen molar-refractivity contribution in [3.63, 3.8) is 0 Å². The molecule has 16 heavy (non-hydrogen) atoms. The zero-order chi connectivity index (χ0) is 11.5. The summed E-state index contributed by atoms with van der Waals surface area (Å²) in [6.07, 6.45) is 1.69. The molecule has 3 nitrogen and oxygen atoms in total. The number of benzene rings is 1. The van der Waals surface area contributed by atoms with E-state index in [0.29, 0.717) is 0 Å². The Labute approximate surface area is 95.2 Å². The molecule has 0 amide bonds. The fraction of sp³-hybridized carbons (Fsp3) is 0.231. The third-order valence-electron chi connectivity index (χ3n) is 2.75. The molecule has 2 aromatic rings. The lowest BCUT2D eigenvalue weighted by Gasteiger charge is -2.16. The third kappa shape index (κ3) is 2.01. The predicted molar refractivity (Wildman–Crippen MR) is 63.8 cm³/mol. The summed E-state index contributed by atoms with van der Waals surface area (Å²) in [7, 11) is 0. The van der Waals surface area contributed by atoms with Crippen LogP contribution in [0.3, 0.4) is 0 Å². The van der Waals surface area contributed by atoms with Gasteiger partial charge in [0, 0.05) is 5.56 Å². The van der Waals surface area contributed by atoms with Gasteiger partial charge in [-0.3, -0.25) is 5.84 Å². The number of hydrogen-bond donors (Lipinski definition) is 2. The standard InChI is InChI=1S/C13H16N2O/c1-9-4-3-5-11(8-9)13(15-14)12-6-7-16-10(12)2/h3-8,13,15H,14H2,1-2H3. The van der Waals surface area contributed by atoms with E-state index >= 15 is 0 Å². The maximum absolute atomic E-state index is 5.62. The van der Waals surface area contributed by atoms with Gasteiger partial charge in [0.05, 0.1) is 12.3 Å². The summed E-state index contributed by atoms with van der Waals surface area (Å²) in [5.74, 6) is 6.52. The molecule has 0 spiro atoms. The van der Waals surface area contributed by atoms with E-state index in [4.69, 9.17) is 10.3 Å². The van der Waals surface area contributed by atoms with Crippen LogP contribution in [0.25, 0.3) is 0 Å². The van der Waals surface area contributed by atoms with Gasteiger partial charge >= 0.3 is 0 Å². The third-order valence-corrected chi connectivity index (χ3v) is 2.75. The van der Waals surface area contributed by atoms with Crippen LogP contribution in [0, 0.1) is 13.8 Å². The molecule has 1 aromatic heterocycles. The van der Waals surface area contributed by atoms with Crippen LogP contribution in [0.4, 0.5) is 0 Å². The highest BCUT2D eigenvalue weighted by Gasteiger charge is 2.16. The highest BCUT2D eigenvalue weighted by Crippen LogP contribution is 2.25. The molecule has 0 saturated heterocycles. The Hall–Kier alpha value is -1.58. The minimum atomic E-state index is -0.0151. The van der Waals surface area contributed by atoms with Crippen LogP contribution < -0.4 is 11.3 Å². The molecule has 0 aliphatic carbocycles. The van der Waals surface area contributed by atoms with Crippen LogP contribution in [0.1, 0.15) is 28.5 Å². The first kappa shape index (κ1) is 10.9. The molecule has 84 valence electrons. The lowest BCUT2D eigenvalue weighted by Crippen LogP contribution is -2.29. The molecule has 0 bridgehead atoms. The Balaban J connectivity index is 2.40. The summed E-state index contributed by atoms with van der Waals surface area (Å²) in [6.45, 7) is 4.01. The first-order chi connectivity index (χ1) is 7.72. The van der Waals surface area contributed by atoms with Crippen LogP contribution in [0.15, 0.2) is 41.0 Å². The number of rotatable bonds is 3. The van der Waals surface area contributed by atoms with E-state index in [1.54, 1.807) is 6.26 Å². The van der Waals surface area contributed by atoms with E-state index in [9.17, 15) is 0 Å². The Morgan fingerprint density at radius 2 is 2.06 bits per heavy atom. The van der Waals surface area contributed by atoms with Crippen LogP contribution in [-0.2, 0) is 0 Å². The Bertz CT molecular complexity index is 476. The van der Waals surface area contributed by atoms with Gasteiger partial charge in [0.25, 0.3) is 0 Å². The number of furan rings is 1. The first-order valence-electron chi connectivity index (χ1n) is 5.29. The van der Waals surface area contributed by atoms with Crippen molar-refractivity contribution >= 4 is 0 Å². The Kier molecular flexibility index (Phi) is 3.08. The molecule has 1 atom stereocenters. The highest BCUT2D eigenvalue weighted by atomic mass is 16.3. The fourth-order valence-corrected chi connectivity index (χ4v) is 1.91. The maximum atomic E-state index is 5.62. The second kappa shape index (κ2) is 4.51. The fourth-order valence-electron chi connectivity index (χ4n) is 1.91. The Morgan fingerprint density at radius 1 is 1.25 bits per heavy atom. The van der Waals surface area contributed by atoms with Crippen molar-refractivity contribution in [2.24, 2.45) is 5.84 Å². The molecule has 1 unspecified atom stereocenters. The number of hydrazine groups is 1. The van der Waals surface area contributed by atoms with Gasteiger partial charge in [-0.25, -0.2) is 5.43 Å². The summed E-state index contributed by atoms with van der Waals surface area (Å²) in [5.41, 5.74) is 6.27. The SMILES string of the molecule is Cc1cccc(C(NN)c2ccoc2C)c1.